The molecule has 5 nitrogen and oxygen atoms in total. The molecule has 0 spiro atoms. The van der Waals surface area contributed by atoms with Crippen LogP contribution in [0.3, 0.4) is 0 Å². The highest BCUT2D eigenvalue weighted by atomic mass is 32.1. The first kappa shape index (κ1) is 8.59. The highest BCUT2D eigenvalue weighted by Crippen LogP contribution is 2.27. The van der Waals surface area contributed by atoms with Crippen molar-refractivity contribution in [3.63, 3.8) is 0 Å². The van der Waals surface area contributed by atoms with Crippen molar-refractivity contribution < 1.29 is 4.86 Å². The first-order valence-corrected chi connectivity index (χ1v) is 4.55. The summed E-state index contributed by atoms with van der Waals surface area (Å²) >= 11 is 1.27. The molecule has 0 unspecified atom stereocenters. The minimum absolute atomic E-state index is 0.0578. The van der Waals surface area contributed by atoms with E-state index in [0.717, 1.165) is 10.2 Å². The van der Waals surface area contributed by atoms with Crippen LogP contribution in [0.4, 0.5) is 5.13 Å². The number of aromatic nitrogens is 1. The summed E-state index contributed by atoms with van der Waals surface area (Å²) in [5, 5.41) is 22.6. The van der Waals surface area contributed by atoms with Crippen molar-refractivity contribution in [2.75, 3.05) is 0 Å². The zero-order chi connectivity index (χ0) is 9.97. The van der Waals surface area contributed by atoms with Gasteiger partial charge in [0.05, 0.1) is 10.2 Å². The second-order valence-electron chi connectivity index (χ2n) is 2.44. The Morgan fingerprint density at radius 3 is 3.00 bits per heavy atom. The highest BCUT2D eigenvalue weighted by molar-refractivity contribution is 7.21. The predicted molar refractivity (Wildman–Crippen MR) is 50.9 cm³/mol. The molecule has 2 aromatic rings. The Morgan fingerprint density at radius 1 is 1.50 bits per heavy atom. The second kappa shape index (κ2) is 3.40. The fourth-order valence-corrected chi connectivity index (χ4v) is 1.82. The highest BCUT2D eigenvalue weighted by Gasteiger charge is 2.02. The van der Waals surface area contributed by atoms with E-state index in [4.69, 9.17) is 5.26 Å². The summed E-state index contributed by atoms with van der Waals surface area (Å²) in [5.74, 6) is 0. The summed E-state index contributed by atoms with van der Waals surface area (Å²) in [5.41, 5.74) is 0.780. The van der Waals surface area contributed by atoms with Gasteiger partial charge in [-0.2, -0.15) is 0 Å². The molecule has 0 bridgehead atoms. The van der Waals surface area contributed by atoms with Crippen LogP contribution in [0.15, 0.2) is 29.4 Å². The van der Waals surface area contributed by atoms with Crippen molar-refractivity contribution in [3.8, 4) is 6.19 Å². The molecular formula is C8H4N4OS. The molecule has 0 aliphatic carbocycles. The predicted octanol–water partition coefficient (Wildman–Crippen LogP) is 2.37. The van der Waals surface area contributed by atoms with Gasteiger partial charge in [-0.25, -0.2) is 4.98 Å². The maximum Gasteiger partial charge on any atom is 0.485 e. The lowest BCUT2D eigenvalue weighted by Crippen LogP contribution is -1.84. The average molecular weight is 204 g/mol. The van der Waals surface area contributed by atoms with Crippen LogP contribution in [0.25, 0.3) is 10.2 Å². The number of azo groups is 1. The van der Waals surface area contributed by atoms with Gasteiger partial charge < -0.3 is 5.21 Å². The fourth-order valence-electron chi connectivity index (χ4n) is 1.00. The lowest BCUT2D eigenvalue weighted by Gasteiger charge is -1.87. The Bertz CT molecular complexity index is 507. The summed E-state index contributed by atoms with van der Waals surface area (Å²) in [4.78, 5) is 4.00. The van der Waals surface area contributed by atoms with E-state index in [1.54, 1.807) is 0 Å². The number of benzene rings is 1. The zero-order valence-corrected chi connectivity index (χ0v) is 7.73. The van der Waals surface area contributed by atoms with Gasteiger partial charge >= 0.3 is 6.19 Å². The van der Waals surface area contributed by atoms with Gasteiger partial charge in [0, 0.05) is 0 Å². The molecule has 1 aromatic heterocycles. The van der Waals surface area contributed by atoms with Crippen molar-refractivity contribution >= 4 is 26.7 Å². The number of para-hydroxylation sites is 1. The number of thiazole rings is 1. The van der Waals surface area contributed by atoms with E-state index in [2.05, 4.69) is 10.1 Å². The summed E-state index contributed by atoms with van der Waals surface area (Å²) < 4.78 is 0.942. The third-order valence-electron chi connectivity index (χ3n) is 1.54. The number of nitrogens with zero attached hydrogens (tertiary/aromatic N) is 4. The largest absolute Gasteiger partial charge is 0.682 e. The van der Waals surface area contributed by atoms with Gasteiger partial charge in [0.2, 0.25) is 0 Å². The van der Waals surface area contributed by atoms with Crippen LogP contribution >= 0.6 is 11.3 Å². The first-order chi connectivity index (χ1) is 6.79. The number of rotatable bonds is 1. The Labute approximate surface area is 83.1 Å². The Hall–Kier alpha value is -2.00. The molecule has 14 heavy (non-hydrogen) atoms. The number of fused-ring (bicyclic) bond motifs is 1. The molecule has 0 saturated heterocycles. The Balaban J connectivity index is 2.52. The summed E-state index contributed by atoms with van der Waals surface area (Å²) in [7, 11) is 0. The van der Waals surface area contributed by atoms with E-state index in [0.29, 0.717) is 5.13 Å². The van der Waals surface area contributed by atoms with Gasteiger partial charge in [-0.1, -0.05) is 28.3 Å². The maximum atomic E-state index is 10.6. The van der Waals surface area contributed by atoms with Crippen molar-refractivity contribution in [1.82, 2.24) is 4.98 Å². The lowest BCUT2D eigenvalue weighted by atomic mass is 10.3. The van der Waals surface area contributed by atoms with E-state index < -0.39 is 0 Å². The molecule has 0 radical (unpaired) electrons. The van der Waals surface area contributed by atoms with Gasteiger partial charge in [-0.3, -0.25) is 0 Å². The van der Waals surface area contributed by atoms with Crippen molar-refractivity contribution in [3.05, 3.63) is 29.5 Å². The monoisotopic (exact) mass is 204 g/mol. The van der Waals surface area contributed by atoms with Gasteiger partial charge in [0.25, 0.3) is 5.13 Å². The molecule has 1 aromatic carbocycles. The van der Waals surface area contributed by atoms with Crippen molar-refractivity contribution in [1.29, 1.82) is 5.26 Å². The molecule has 2 rings (SSSR count). The molecule has 0 amide bonds. The van der Waals surface area contributed by atoms with Crippen LogP contribution in [-0.4, -0.2) is 9.84 Å². The molecule has 0 N–H and O–H groups in total. The van der Waals surface area contributed by atoms with Crippen molar-refractivity contribution in [2.24, 2.45) is 5.11 Å². The minimum Gasteiger partial charge on any atom is -0.682 e. The molecular weight excluding hydrogens is 200 g/mol. The minimum atomic E-state index is -0.0578. The number of hydrogen-bond donors (Lipinski definition) is 0. The third kappa shape index (κ3) is 1.53. The molecule has 0 aliphatic heterocycles. The Kier molecular flexibility index (Phi) is 2.08. The second-order valence-corrected chi connectivity index (χ2v) is 3.45. The number of hydroxylamine groups is 1. The van der Waals surface area contributed by atoms with Crippen LogP contribution in [0.5, 0.6) is 0 Å². The molecule has 0 fully saturated rings. The van der Waals surface area contributed by atoms with E-state index in [1.807, 2.05) is 24.3 Å². The normalized spacial score (nSPS) is 11.5. The van der Waals surface area contributed by atoms with Crippen LogP contribution in [0, 0.1) is 16.7 Å². The lowest BCUT2D eigenvalue weighted by molar-refractivity contribution is -0.433. The first-order valence-electron chi connectivity index (χ1n) is 3.74. The average Bonchev–Trinajstić information content (AvgIpc) is 2.59. The van der Waals surface area contributed by atoms with Crippen molar-refractivity contribution in [2.45, 2.75) is 0 Å². The van der Waals surface area contributed by atoms with Crippen LogP contribution in [0.2, 0.25) is 0 Å². The maximum absolute atomic E-state index is 10.6. The van der Waals surface area contributed by atoms with Crippen LogP contribution in [-0.2, 0) is 0 Å². The summed E-state index contributed by atoms with van der Waals surface area (Å²) in [6.07, 6.45) is 1.34. The van der Waals surface area contributed by atoms with Gasteiger partial charge in [0.1, 0.15) is 0 Å². The number of hydrogen-bond acceptors (Lipinski definition) is 5. The molecule has 68 valence electrons. The summed E-state index contributed by atoms with van der Waals surface area (Å²) in [6.45, 7) is 0. The Morgan fingerprint density at radius 2 is 2.29 bits per heavy atom. The SMILES string of the molecule is N#C[N+]([O-])=Nc1nc2ccccc2s1. The third-order valence-corrected chi connectivity index (χ3v) is 2.47. The van der Waals surface area contributed by atoms with E-state index in [-0.39, 0.29) is 4.86 Å². The van der Waals surface area contributed by atoms with E-state index in [1.165, 1.54) is 17.5 Å². The molecule has 0 saturated carbocycles. The van der Waals surface area contributed by atoms with Gasteiger partial charge in [-0.05, 0) is 17.2 Å². The van der Waals surface area contributed by atoms with Gasteiger partial charge in [-0.15, -0.1) is 0 Å². The molecule has 1 heterocycles. The fraction of sp³-hybridized carbons (Fsp3) is 0. The zero-order valence-electron chi connectivity index (χ0n) is 6.91. The van der Waals surface area contributed by atoms with Gasteiger partial charge in [0.15, 0.2) is 5.26 Å². The standard InChI is InChI=1S/C8H4N4OS/c9-5-12(13)11-8-10-6-3-1-2-4-7(6)14-8/h1-4H. The quantitative estimate of drug-likeness (QED) is 0.235. The van der Waals surface area contributed by atoms with E-state index in [9.17, 15) is 5.21 Å². The molecule has 6 heteroatoms. The molecule has 0 aliphatic rings. The van der Waals surface area contributed by atoms with Crippen LogP contribution < -0.4 is 0 Å². The smallest absolute Gasteiger partial charge is 0.485 e. The molecule has 0 atom stereocenters. The topological polar surface area (TPSA) is 75.1 Å². The van der Waals surface area contributed by atoms with E-state index >= 15 is 0 Å². The number of nitriles is 1. The summed E-state index contributed by atoms with van der Waals surface area (Å²) in [6, 6.07) is 7.44. The van der Waals surface area contributed by atoms with Crippen LogP contribution in [0.1, 0.15) is 0 Å².